The standard InChI is InChI=1S/C15H14ClNO2/c1-10(11-6-8-12(16)9-7-11)17-15(19)13-4-2-3-5-14(13)18/h2-10,18H,1H3,(H,17,19)/t10-/m1/s1. The van der Waals surface area contributed by atoms with Gasteiger partial charge in [-0.25, -0.2) is 0 Å². The van der Waals surface area contributed by atoms with Crippen LogP contribution in [0.15, 0.2) is 48.5 Å². The number of hydrogen-bond donors (Lipinski definition) is 2. The smallest absolute Gasteiger partial charge is 0.255 e. The number of rotatable bonds is 3. The Morgan fingerprint density at radius 2 is 1.79 bits per heavy atom. The van der Waals surface area contributed by atoms with E-state index in [0.717, 1.165) is 5.56 Å². The number of amides is 1. The normalized spacial score (nSPS) is 11.9. The number of hydrogen-bond acceptors (Lipinski definition) is 2. The molecular weight excluding hydrogens is 262 g/mol. The molecule has 1 atom stereocenters. The van der Waals surface area contributed by atoms with Crippen molar-refractivity contribution in [3.8, 4) is 5.75 Å². The first-order valence-electron chi connectivity index (χ1n) is 5.92. The summed E-state index contributed by atoms with van der Waals surface area (Å²) >= 11 is 5.82. The summed E-state index contributed by atoms with van der Waals surface area (Å²) in [5.41, 5.74) is 1.22. The lowest BCUT2D eigenvalue weighted by molar-refractivity contribution is 0.0937. The second-order valence-corrected chi connectivity index (χ2v) is 4.70. The zero-order valence-corrected chi connectivity index (χ0v) is 11.2. The number of halogens is 1. The second-order valence-electron chi connectivity index (χ2n) is 4.26. The zero-order valence-electron chi connectivity index (χ0n) is 10.4. The van der Waals surface area contributed by atoms with E-state index in [4.69, 9.17) is 11.6 Å². The summed E-state index contributed by atoms with van der Waals surface area (Å²) in [7, 11) is 0. The van der Waals surface area contributed by atoms with Crippen LogP contribution >= 0.6 is 11.6 Å². The van der Waals surface area contributed by atoms with Crippen LogP contribution in [-0.4, -0.2) is 11.0 Å². The van der Waals surface area contributed by atoms with Crippen LogP contribution in [0.3, 0.4) is 0 Å². The molecule has 0 saturated carbocycles. The highest BCUT2D eigenvalue weighted by Crippen LogP contribution is 2.19. The molecule has 0 aliphatic rings. The quantitative estimate of drug-likeness (QED) is 0.900. The van der Waals surface area contributed by atoms with Crippen LogP contribution in [0.25, 0.3) is 0 Å². The molecule has 0 saturated heterocycles. The minimum Gasteiger partial charge on any atom is -0.507 e. The van der Waals surface area contributed by atoms with Gasteiger partial charge in [0.15, 0.2) is 0 Å². The molecule has 0 unspecified atom stereocenters. The maximum Gasteiger partial charge on any atom is 0.255 e. The fourth-order valence-electron chi connectivity index (χ4n) is 1.77. The Bertz CT molecular complexity index is 581. The molecule has 0 aliphatic carbocycles. The predicted molar refractivity (Wildman–Crippen MR) is 75.4 cm³/mol. The molecule has 98 valence electrons. The van der Waals surface area contributed by atoms with Crippen LogP contribution < -0.4 is 5.32 Å². The minimum atomic E-state index is -0.305. The molecule has 19 heavy (non-hydrogen) atoms. The monoisotopic (exact) mass is 275 g/mol. The summed E-state index contributed by atoms with van der Waals surface area (Å²) in [5.74, 6) is -0.330. The maximum atomic E-state index is 12.0. The lowest BCUT2D eigenvalue weighted by Gasteiger charge is -2.15. The van der Waals surface area contributed by atoms with Crippen LogP contribution in [0.4, 0.5) is 0 Å². The largest absolute Gasteiger partial charge is 0.507 e. The Morgan fingerprint density at radius 3 is 2.42 bits per heavy atom. The van der Waals surface area contributed by atoms with E-state index in [1.54, 1.807) is 30.3 Å². The fourth-order valence-corrected chi connectivity index (χ4v) is 1.90. The molecule has 0 fully saturated rings. The Hall–Kier alpha value is -2.00. The number of phenolic OH excluding ortho intramolecular Hbond substituents is 1. The number of aromatic hydroxyl groups is 1. The zero-order chi connectivity index (χ0) is 13.8. The summed E-state index contributed by atoms with van der Waals surface area (Å²) in [6.45, 7) is 1.88. The highest BCUT2D eigenvalue weighted by molar-refractivity contribution is 6.30. The fraction of sp³-hybridized carbons (Fsp3) is 0.133. The third kappa shape index (κ3) is 3.26. The van der Waals surface area contributed by atoms with Gasteiger partial charge in [0.05, 0.1) is 11.6 Å². The predicted octanol–water partition coefficient (Wildman–Crippen LogP) is 3.54. The maximum absolute atomic E-state index is 12.0. The van der Waals surface area contributed by atoms with Gasteiger partial charge in [-0.1, -0.05) is 35.9 Å². The molecule has 0 spiro atoms. The molecule has 3 nitrogen and oxygen atoms in total. The number of nitrogens with one attached hydrogen (secondary N) is 1. The SMILES string of the molecule is C[C@@H](NC(=O)c1ccccc1O)c1ccc(Cl)cc1. The number of para-hydroxylation sites is 1. The molecule has 2 N–H and O–H groups in total. The van der Waals surface area contributed by atoms with Crippen molar-refractivity contribution in [3.05, 3.63) is 64.7 Å². The van der Waals surface area contributed by atoms with Gasteiger partial charge in [0.25, 0.3) is 5.91 Å². The molecule has 4 heteroatoms. The van der Waals surface area contributed by atoms with E-state index in [2.05, 4.69) is 5.32 Å². The average Bonchev–Trinajstić information content (AvgIpc) is 2.39. The summed E-state index contributed by atoms with van der Waals surface area (Å²) in [4.78, 5) is 12.0. The molecule has 0 radical (unpaired) electrons. The van der Waals surface area contributed by atoms with Gasteiger partial charge in [0.2, 0.25) is 0 Å². The van der Waals surface area contributed by atoms with Gasteiger partial charge in [0.1, 0.15) is 5.75 Å². The van der Waals surface area contributed by atoms with Crippen LogP contribution in [-0.2, 0) is 0 Å². The Labute approximate surface area is 116 Å². The minimum absolute atomic E-state index is 0.0247. The number of carbonyl (C=O) groups excluding carboxylic acids is 1. The molecule has 0 aromatic heterocycles. The highest BCUT2D eigenvalue weighted by atomic mass is 35.5. The third-order valence-electron chi connectivity index (χ3n) is 2.87. The first-order chi connectivity index (χ1) is 9.08. The van der Waals surface area contributed by atoms with Gasteiger partial charge in [-0.15, -0.1) is 0 Å². The second kappa shape index (κ2) is 5.76. The van der Waals surface area contributed by atoms with Gasteiger partial charge in [0, 0.05) is 5.02 Å². The van der Waals surface area contributed by atoms with Gasteiger partial charge in [-0.05, 0) is 36.8 Å². The molecule has 2 rings (SSSR count). The van der Waals surface area contributed by atoms with Crippen molar-refractivity contribution in [1.29, 1.82) is 0 Å². The third-order valence-corrected chi connectivity index (χ3v) is 3.12. The summed E-state index contributed by atoms with van der Waals surface area (Å²) in [6.07, 6.45) is 0. The molecule has 2 aromatic carbocycles. The van der Waals surface area contributed by atoms with Crippen molar-refractivity contribution in [2.24, 2.45) is 0 Å². The van der Waals surface area contributed by atoms with Crippen molar-refractivity contribution in [3.63, 3.8) is 0 Å². The molecule has 0 heterocycles. The van der Waals surface area contributed by atoms with E-state index in [-0.39, 0.29) is 23.3 Å². The van der Waals surface area contributed by atoms with Crippen LogP contribution in [0.5, 0.6) is 5.75 Å². The van der Waals surface area contributed by atoms with Crippen LogP contribution in [0.2, 0.25) is 5.02 Å². The first-order valence-corrected chi connectivity index (χ1v) is 6.30. The van der Waals surface area contributed by atoms with Gasteiger partial charge >= 0.3 is 0 Å². The van der Waals surface area contributed by atoms with Gasteiger partial charge in [-0.2, -0.15) is 0 Å². The average molecular weight is 276 g/mol. The van der Waals surface area contributed by atoms with E-state index in [1.165, 1.54) is 6.07 Å². The first kappa shape index (κ1) is 13.4. The lowest BCUT2D eigenvalue weighted by Crippen LogP contribution is -2.26. The van der Waals surface area contributed by atoms with E-state index in [1.807, 2.05) is 19.1 Å². The molecule has 1 amide bonds. The molecule has 0 aliphatic heterocycles. The molecule has 2 aromatic rings. The topological polar surface area (TPSA) is 49.3 Å². The van der Waals surface area contributed by atoms with Crippen LogP contribution in [0, 0.1) is 0 Å². The van der Waals surface area contributed by atoms with Gasteiger partial charge in [-0.3, -0.25) is 4.79 Å². The van der Waals surface area contributed by atoms with Crippen molar-refractivity contribution in [2.75, 3.05) is 0 Å². The van der Waals surface area contributed by atoms with E-state index in [9.17, 15) is 9.90 Å². The van der Waals surface area contributed by atoms with E-state index in [0.29, 0.717) is 5.02 Å². The van der Waals surface area contributed by atoms with Crippen molar-refractivity contribution >= 4 is 17.5 Å². The van der Waals surface area contributed by atoms with E-state index >= 15 is 0 Å². The van der Waals surface area contributed by atoms with Crippen molar-refractivity contribution in [2.45, 2.75) is 13.0 Å². The number of phenols is 1. The Morgan fingerprint density at radius 1 is 1.16 bits per heavy atom. The Balaban J connectivity index is 2.11. The summed E-state index contributed by atoms with van der Waals surface area (Å²) < 4.78 is 0. The van der Waals surface area contributed by atoms with Crippen molar-refractivity contribution in [1.82, 2.24) is 5.32 Å². The number of carbonyl (C=O) groups is 1. The summed E-state index contributed by atoms with van der Waals surface area (Å²) in [6, 6.07) is 13.6. The van der Waals surface area contributed by atoms with Crippen LogP contribution in [0.1, 0.15) is 28.9 Å². The lowest BCUT2D eigenvalue weighted by atomic mass is 10.1. The van der Waals surface area contributed by atoms with Gasteiger partial charge < -0.3 is 10.4 Å². The highest BCUT2D eigenvalue weighted by Gasteiger charge is 2.14. The number of benzene rings is 2. The summed E-state index contributed by atoms with van der Waals surface area (Å²) in [5, 5.41) is 13.1. The molecule has 0 bridgehead atoms. The van der Waals surface area contributed by atoms with E-state index < -0.39 is 0 Å². The Kier molecular flexibility index (Phi) is 4.07. The molecular formula is C15H14ClNO2. The van der Waals surface area contributed by atoms with Crippen molar-refractivity contribution < 1.29 is 9.90 Å².